The maximum absolute atomic E-state index is 12.6. The second kappa shape index (κ2) is 7.64. The van der Waals surface area contributed by atoms with Crippen LogP contribution in [0.25, 0.3) is 0 Å². The zero-order valence-electron chi connectivity index (χ0n) is 13.1. The number of halogens is 2. The quantitative estimate of drug-likeness (QED) is 0.777. The standard InChI is InChI=1S/C16H15F2N3O3S/c17-16(18)25-13-11(3-1-5-19-13)14(22)20-6-8-21(9-7-20)15(23)12-4-2-10-24-12/h1-5,10,16H,6-9H2. The molecule has 3 heterocycles. The predicted octanol–water partition coefficient (Wildman–Crippen LogP) is 2.59. The summed E-state index contributed by atoms with van der Waals surface area (Å²) in [5.74, 6) is -2.99. The van der Waals surface area contributed by atoms with Gasteiger partial charge >= 0.3 is 0 Å². The monoisotopic (exact) mass is 367 g/mol. The minimum absolute atomic E-state index is 0.0107. The number of rotatable bonds is 4. The molecule has 2 amide bonds. The van der Waals surface area contributed by atoms with Gasteiger partial charge < -0.3 is 14.2 Å². The van der Waals surface area contributed by atoms with Crippen molar-refractivity contribution in [1.82, 2.24) is 14.8 Å². The summed E-state index contributed by atoms with van der Waals surface area (Å²) in [5.41, 5.74) is 0.151. The molecule has 2 aromatic rings. The first-order chi connectivity index (χ1) is 12.1. The van der Waals surface area contributed by atoms with Gasteiger partial charge in [0.15, 0.2) is 5.76 Å². The van der Waals surface area contributed by atoms with Crippen LogP contribution in [0.3, 0.4) is 0 Å². The van der Waals surface area contributed by atoms with Gasteiger partial charge in [0.25, 0.3) is 17.6 Å². The van der Waals surface area contributed by atoms with E-state index in [2.05, 4.69) is 4.98 Å². The Morgan fingerprint density at radius 2 is 1.76 bits per heavy atom. The van der Waals surface area contributed by atoms with Gasteiger partial charge in [0.2, 0.25) is 0 Å². The van der Waals surface area contributed by atoms with Crippen LogP contribution < -0.4 is 0 Å². The molecule has 0 spiro atoms. The molecule has 0 N–H and O–H groups in total. The van der Waals surface area contributed by atoms with Crippen LogP contribution in [0, 0.1) is 0 Å². The number of nitrogens with zero attached hydrogens (tertiary/aromatic N) is 3. The molecule has 132 valence electrons. The van der Waals surface area contributed by atoms with Gasteiger partial charge in [-0.15, -0.1) is 0 Å². The van der Waals surface area contributed by atoms with E-state index in [0.717, 1.165) is 0 Å². The fraction of sp³-hybridized carbons (Fsp3) is 0.312. The maximum Gasteiger partial charge on any atom is 0.290 e. The summed E-state index contributed by atoms with van der Waals surface area (Å²) in [6.07, 6.45) is 2.80. The average Bonchev–Trinajstić information content (AvgIpc) is 3.15. The zero-order valence-corrected chi connectivity index (χ0v) is 13.9. The van der Waals surface area contributed by atoms with Crippen molar-refractivity contribution >= 4 is 23.6 Å². The van der Waals surface area contributed by atoms with Crippen molar-refractivity contribution in [3.63, 3.8) is 0 Å². The molecule has 2 aromatic heterocycles. The molecule has 1 aliphatic heterocycles. The third-order valence-corrected chi connectivity index (χ3v) is 4.52. The number of pyridine rings is 1. The number of alkyl halides is 2. The lowest BCUT2D eigenvalue weighted by atomic mass is 10.2. The van der Waals surface area contributed by atoms with Crippen LogP contribution in [-0.2, 0) is 0 Å². The Morgan fingerprint density at radius 3 is 2.36 bits per heavy atom. The Hall–Kier alpha value is -2.42. The first kappa shape index (κ1) is 17.4. The normalized spacial score (nSPS) is 14.8. The lowest BCUT2D eigenvalue weighted by Gasteiger charge is -2.34. The van der Waals surface area contributed by atoms with Gasteiger partial charge in [0.1, 0.15) is 5.03 Å². The van der Waals surface area contributed by atoms with Crippen LogP contribution in [0.15, 0.2) is 46.2 Å². The molecule has 3 rings (SSSR count). The van der Waals surface area contributed by atoms with Gasteiger partial charge in [-0.2, -0.15) is 8.78 Å². The number of hydrogen-bond donors (Lipinski definition) is 0. The summed E-state index contributed by atoms with van der Waals surface area (Å²) in [7, 11) is 0. The Kier molecular flexibility index (Phi) is 5.32. The second-order valence-corrected chi connectivity index (χ2v) is 6.28. The molecule has 0 aromatic carbocycles. The summed E-state index contributed by atoms with van der Waals surface area (Å²) in [5, 5.41) is 0.0107. The molecule has 0 unspecified atom stereocenters. The Morgan fingerprint density at radius 1 is 1.08 bits per heavy atom. The Labute approximate surface area is 146 Å². The van der Waals surface area contributed by atoms with Crippen LogP contribution in [0.1, 0.15) is 20.9 Å². The van der Waals surface area contributed by atoms with Crippen molar-refractivity contribution in [2.75, 3.05) is 26.2 Å². The summed E-state index contributed by atoms with van der Waals surface area (Å²) in [4.78, 5) is 31.8. The van der Waals surface area contributed by atoms with Crippen molar-refractivity contribution in [2.24, 2.45) is 0 Å². The van der Waals surface area contributed by atoms with Crippen LogP contribution in [0.5, 0.6) is 0 Å². The fourth-order valence-electron chi connectivity index (χ4n) is 2.57. The van der Waals surface area contributed by atoms with E-state index in [1.807, 2.05) is 0 Å². The number of furan rings is 1. The van der Waals surface area contributed by atoms with E-state index in [9.17, 15) is 18.4 Å². The van der Waals surface area contributed by atoms with Crippen molar-refractivity contribution in [3.8, 4) is 0 Å². The van der Waals surface area contributed by atoms with E-state index < -0.39 is 5.76 Å². The number of carbonyl (C=O) groups is 2. The lowest BCUT2D eigenvalue weighted by Crippen LogP contribution is -2.50. The van der Waals surface area contributed by atoms with Crippen LogP contribution in [0.4, 0.5) is 8.78 Å². The highest BCUT2D eigenvalue weighted by Crippen LogP contribution is 2.27. The van der Waals surface area contributed by atoms with E-state index in [-0.39, 0.29) is 39.9 Å². The van der Waals surface area contributed by atoms with Crippen molar-refractivity contribution in [2.45, 2.75) is 10.8 Å². The molecule has 6 nitrogen and oxygen atoms in total. The number of hydrogen-bond acceptors (Lipinski definition) is 5. The molecular formula is C16H15F2N3O3S. The van der Waals surface area contributed by atoms with E-state index >= 15 is 0 Å². The average molecular weight is 367 g/mol. The van der Waals surface area contributed by atoms with Gasteiger partial charge in [-0.1, -0.05) is 0 Å². The molecule has 0 aliphatic carbocycles. The molecule has 9 heteroatoms. The Balaban J connectivity index is 1.65. The summed E-state index contributed by atoms with van der Waals surface area (Å²) >= 11 is 0.252. The minimum Gasteiger partial charge on any atom is -0.459 e. The van der Waals surface area contributed by atoms with Gasteiger partial charge in [-0.25, -0.2) is 4.98 Å². The number of piperazine rings is 1. The SMILES string of the molecule is O=C(c1ccco1)N1CCN(C(=O)c2cccnc2SC(F)F)CC1. The molecule has 0 saturated carbocycles. The van der Waals surface area contributed by atoms with Crippen molar-refractivity contribution in [3.05, 3.63) is 48.0 Å². The number of thioether (sulfide) groups is 1. The first-order valence-electron chi connectivity index (χ1n) is 7.58. The summed E-state index contributed by atoms with van der Waals surface area (Å²) < 4.78 is 30.3. The van der Waals surface area contributed by atoms with Crippen molar-refractivity contribution in [1.29, 1.82) is 0 Å². The molecule has 0 atom stereocenters. The largest absolute Gasteiger partial charge is 0.459 e. The maximum atomic E-state index is 12.6. The summed E-state index contributed by atoms with van der Waals surface area (Å²) in [6.45, 7) is 1.34. The zero-order chi connectivity index (χ0) is 17.8. The van der Waals surface area contributed by atoms with Crippen molar-refractivity contribution < 1.29 is 22.8 Å². The molecule has 1 saturated heterocycles. The number of carbonyl (C=O) groups excluding carboxylic acids is 2. The van der Waals surface area contributed by atoms with E-state index in [1.54, 1.807) is 28.0 Å². The predicted molar refractivity (Wildman–Crippen MR) is 86.6 cm³/mol. The highest BCUT2D eigenvalue weighted by Gasteiger charge is 2.28. The minimum atomic E-state index is -2.65. The van der Waals surface area contributed by atoms with Gasteiger partial charge in [0, 0.05) is 32.4 Å². The fourth-order valence-corrected chi connectivity index (χ4v) is 3.14. The molecule has 1 aliphatic rings. The van der Waals surface area contributed by atoms with E-state index in [4.69, 9.17) is 4.42 Å². The highest BCUT2D eigenvalue weighted by atomic mass is 32.2. The molecule has 25 heavy (non-hydrogen) atoms. The van der Waals surface area contributed by atoms with Crippen LogP contribution >= 0.6 is 11.8 Å². The van der Waals surface area contributed by atoms with Gasteiger partial charge in [0.05, 0.1) is 11.8 Å². The molecule has 1 fully saturated rings. The van der Waals surface area contributed by atoms with E-state index in [1.165, 1.54) is 18.5 Å². The second-order valence-electron chi connectivity index (χ2n) is 5.30. The van der Waals surface area contributed by atoms with Crippen LogP contribution in [-0.4, -0.2) is 58.5 Å². The topological polar surface area (TPSA) is 66.7 Å². The van der Waals surface area contributed by atoms with Crippen LogP contribution in [0.2, 0.25) is 0 Å². The smallest absolute Gasteiger partial charge is 0.290 e. The number of aromatic nitrogens is 1. The number of amides is 2. The molecule has 0 radical (unpaired) electrons. The van der Waals surface area contributed by atoms with Gasteiger partial charge in [-0.3, -0.25) is 9.59 Å². The van der Waals surface area contributed by atoms with E-state index in [0.29, 0.717) is 26.2 Å². The third-order valence-electron chi connectivity index (χ3n) is 3.79. The third kappa shape index (κ3) is 3.98. The Bertz CT molecular complexity index is 747. The first-order valence-corrected chi connectivity index (χ1v) is 8.46. The molecular weight excluding hydrogens is 352 g/mol. The van der Waals surface area contributed by atoms with Gasteiger partial charge in [-0.05, 0) is 36.0 Å². The summed E-state index contributed by atoms with van der Waals surface area (Å²) in [6, 6.07) is 6.25. The molecule has 0 bridgehead atoms. The highest BCUT2D eigenvalue weighted by molar-refractivity contribution is 7.99. The lowest BCUT2D eigenvalue weighted by molar-refractivity contribution is 0.0516.